The number of nitrogens with zero attached hydrogens (tertiary/aromatic N) is 2. The number of sulfonamides is 1. The van der Waals surface area contributed by atoms with Gasteiger partial charge < -0.3 is 11.5 Å². The van der Waals surface area contributed by atoms with Crippen molar-refractivity contribution in [2.75, 3.05) is 0 Å². The minimum atomic E-state index is -4.15. The summed E-state index contributed by atoms with van der Waals surface area (Å²) < 4.78 is 22.7. The lowest BCUT2D eigenvalue weighted by Crippen LogP contribution is -2.24. The average molecular weight is 301 g/mol. The average Bonchev–Trinajstić information content (AvgIpc) is 2.25. The standard InChI is InChI=1S/C9H11N5O5S/c1-4-2-6(14(16)17)5(8(15)13-9(10)11)3-7(4)20(12,18)19/h2-3H,1H3,(H2,12,18,19)(H4,10,11,13,15). The Morgan fingerprint density at radius 3 is 2.30 bits per heavy atom. The second kappa shape index (κ2) is 5.22. The number of primary sulfonamides is 1. The van der Waals surface area contributed by atoms with Crippen LogP contribution in [-0.2, 0) is 10.0 Å². The van der Waals surface area contributed by atoms with Gasteiger partial charge in [-0.05, 0) is 18.6 Å². The summed E-state index contributed by atoms with van der Waals surface area (Å²) in [5, 5.41) is 15.8. The lowest BCUT2D eigenvalue weighted by atomic mass is 10.1. The molecule has 1 amide bonds. The van der Waals surface area contributed by atoms with Gasteiger partial charge in [0, 0.05) is 6.07 Å². The Morgan fingerprint density at radius 2 is 1.90 bits per heavy atom. The number of hydrogen-bond donors (Lipinski definition) is 3. The van der Waals surface area contributed by atoms with E-state index in [4.69, 9.17) is 16.6 Å². The molecule has 0 saturated carbocycles. The van der Waals surface area contributed by atoms with Gasteiger partial charge in [-0.1, -0.05) is 0 Å². The van der Waals surface area contributed by atoms with Gasteiger partial charge in [0.15, 0.2) is 5.96 Å². The van der Waals surface area contributed by atoms with Crippen LogP contribution in [0, 0.1) is 17.0 Å². The highest BCUT2D eigenvalue weighted by atomic mass is 32.2. The van der Waals surface area contributed by atoms with Crippen LogP contribution in [0.1, 0.15) is 15.9 Å². The Morgan fingerprint density at radius 1 is 1.35 bits per heavy atom. The van der Waals surface area contributed by atoms with Crippen molar-refractivity contribution < 1.29 is 18.1 Å². The number of benzene rings is 1. The van der Waals surface area contributed by atoms with Crippen molar-refractivity contribution in [3.8, 4) is 0 Å². The van der Waals surface area contributed by atoms with E-state index in [0.29, 0.717) is 0 Å². The minimum Gasteiger partial charge on any atom is -0.370 e. The molecule has 20 heavy (non-hydrogen) atoms. The zero-order valence-corrected chi connectivity index (χ0v) is 11.0. The number of hydrogen-bond acceptors (Lipinski definition) is 5. The number of carbonyl (C=O) groups is 1. The van der Waals surface area contributed by atoms with E-state index in [1.165, 1.54) is 6.92 Å². The SMILES string of the molecule is Cc1cc([N+](=O)[O-])c(C(=O)N=C(N)N)cc1S(N)(=O)=O. The number of guanidine groups is 1. The first-order valence-electron chi connectivity index (χ1n) is 5.00. The number of carbonyl (C=O) groups excluding carboxylic acids is 1. The summed E-state index contributed by atoms with van der Waals surface area (Å²) >= 11 is 0. The molecular weight excluding hydrogens is 290 g/mol. The maximum atomic E-state index is 11.7. The first-order valence-corrected chi connectivity index (χ1v) is 6.54. The molecule has 0 atom stereocenters. The van der Waals surface area contributed by atoms with Crippen molar-refractivity contribution in [3.63, 3.8) is 0 Å². The molecule has 0 aliphatic heterocycles. The van der Waals surface area contributed by atoms with Gasteiger partial charge in [0.25, 0.3) is 11.6 Å². The van der Waals surface area contributed by atoms with Crippen LogP contribution in [0.15, 0.2) is 22.0 Å². The summed E-state index contributed by atoms with van der Waals surface area (Å²) in [5.74, 6) is -1.75. The molecule has 0 aromatic heterocycles. The van der Waals surface area contributed by atoms with Gasteiger partial charge in [-0.3, -0.25) is 14.9 Å². The van der Waals surface area contributed by atoms with E-state index in [0.717, 1.165) is 12.1 Å². The molecule has 0 spiro atoms. The van der Waals surface area contributed by atoms with E-state index in [9.17, 15) is 23.3 Å². The maximum Gasteiger partial charge on any atom is 0.287 e. The summed E-state index contributed by atoms with van der Waals surface area (Å²) in [4.78, 5) is 24.4. The van der Waals surface area contributed by atoms with Crippen molar-refractivity contribution >= 4 is 27.6 Å². The Labute approximate surface area is 113 Å². The van der Waals surface area contributed by atoms with Crippen LogP contribution in [0.25, 0.3) is 0 Å². The van der Waals surface area contributed by atoms with Crippen molar-refractivity contribution in [2.45, 2.75) is 11.8 Å². The fraction of sp³-hybridized carbons (Fsp3) is 0.111. The Balaban J connectivity index is 3.67. The highest BCUT2D eigenvalue weighted by Gasteiger charge is 2.25. The smallest absolute Gasteiger partial charge is 0.287 e. The fourth-order valence-electron chi connectivity index (χ4n) is 1.48. The summed E-state index contributed by atoms with van der Waals surface area (Å²) in [5.41, 5.74) is 8.85. The lowest BCUT2D eigenvalue weighted by Gasteiger charge is -2.06. The van der Waals surface area contributed by atoms with E-state index in [-0.39, 0.29) is 5.56 Å². The molecule has 0 fully saturated rings. The van der Waals surface area contributed by atoms with E-state index in [2.05, 4.69) is 4.99 Å². The molecule has 0 radical (unpaired) electrons. The largest absolute Gasteiger partial charge is 0.370 e. The molecule has 1 aromatic carbocycles. The molecule has 0 aliphatic rings. The predicted molar refractivity (Wildman–Crippen MR) is 69.3 cm³/mol. The van der Waals surface area contributed by atoms with Gasteiger partial charge in [0.2, 0.25) is 10.0 Å². The third-order valence-corrected chi connectivity index (χ3v) is 3.31. The number of nitrogens with two attached hydrogens (primary N) is 3. The molecule has 0 bridgehead atoms. The van der Waals surface area contributed by atoms with Gasteiger partial charge >= 0.3 is 0 Å². The molecule has 10 nitrogen and oxygen atoms in total. The van der Waals surface area contributed by atoms with E-state index in [1.54, 1.807) is 0 Å². The van der Waals surface area contributed by atoms with Crippen LogP contribution in [0.4, 0.5) is 5.69 Å². The first-order chi connectivity index (χ1) is 9.04. The number of rotatable bonds is 3. The second-order valence-corrected chi connectivity index (χ2v) is 5.31. The third kappa shape index (κ3) is 3.27. The molecule has 1 aromatic rings. The summed E-state index contributed by atoms with van der Waals surface area (Å²) in [6.45, 7) is 1.31. The molecule has 11 heteroatoms. The Hall–Kier alpha value is -2.53. The molecular formula is C9H11N5O5S. The van der Waals surface area contributed by atoms with Crippen LogP contribution >= 0.6 is 0 Å². The lowest BCUT2D eigenvalue weighted by molar-refractivity contribution is -0.385. The van der Waals surface area contributed by atoms with E-state index < -0.39 is 43.0 Å². The number of aliphatic imine (C=N–C) groups is 1. The van der Waals surface area contributed by atoms with Gasteiger partial charge in [-0.25, -0.2) is 13.6 Å². The number of amides is 1. The molecule has 0 saturated heterocycles. The van der Waals surface area contributed by atoms with Crippen LogP contribution in [0.3, 0.4) is 0 Å². The summed E-state index contributed by atoms with van der Waals surface area (Å²) in [6.07, 6.45) is 0. The fourth-order valence-corrected chi connectivity index (χ4v) is 2.27. The number of nitro groups is 1. The van der Waals surface area contributed by atoms with Crippen molar-refractivity contribution in [3.05, 3.63) is 33.4 Å². The van der Waals surface area contributed by atoms with Gasteiger partial charge in [0.1, 0.15) is 5.56 Å². The third-order valence-electron chi connectivity index (χ3n) is 2.26. The van der Waals surface area contributed by atoms with Crippen LogP contribution in [-0.4, -0.2) is 25.2 Å². The van der Waals surface area contributed by atoms with Crippen molar-refractivity contribution in [1.82, 2.24) is 0 Å². The maximum absolute atomic E-state index is 11.7. The second-order valence-electron chi connectivity index (χ2n) is 3.78. The molecule has 6 N–H and O–H groups in total. The van der Waals surface area contributed by atoms with E-state index >= 15 is 0 Å². The van der Waals surface area contributed by atoms with Crippen molar-refractivity contribution in [1.29, 1.82) is 0 Å². The highest BCUT2D eigenvalue weighted by Crippen LogP contribution is 2.26. The molecule has 108 valence electrons. The van der Waals surface area contributed by atoms with E-state index in [1.807, 2.05) is 0 Å². The molecule has 1 rings (SSSR count). The first kappa shape index (κ1) is 15.5. The number of aryl methyl sites for hydroxylation is 1. The predicted octanol–water partition coefficient (Wildman–Crippen LogP) is -1.04. The molecule has 0 unspecified atom stereocenters. The van der Waals surface area contributed by atoms with Crippen LogP contribution in [0.5, 0.6) is 0 Å². The Bertz CT molecular complexity index is 720. The minimum absolute atomic E-state index is 0.0282. The van der Waals surface area contributed by atoms with Gasteiger partial charge in [-0.15, -0.1) is 0 Å². The van der Waals surface area contributed by atoms with Crippen LogP contribution < -0.4 is 16.6 Å². The quantitative estimate of drug-likeness (QED) is 0.275. The normalized spacial score (nSPS) is 10.9. The monoisotopic (exact) mass is 301 g/mol. The molecule has 0 heterocycles. The zero-order valence-electron chi connectivity index (χ0n) is 10.2. The highest BCUT2D eigenvalue weighted by molar-refractivity contribution is 7.89. The zero-order chi connectivity index (χ0) is 15.7. The van der Waals surface area contributed by atoms with Crippen LogP contribution in [0.2, 0.25) is 0 Å². The van der Waals surface area contributed by atoms with Crippen molar-refractivity contribution in [2.24, 2.45) is 21.6 Å². The number of nitro benzene ring substituents is 1. The summed E-state index contributed by atoms with van der Waals surface area (Å²) in [6, 6.07) is 1.69. The van der Waals surface area contributed by atoms with Gasteiger partial charge in [0.05, 0.1) is 9.82 Å². The topological polar surface area (TPSA) is 185 Å². The molecule has 0 aliphatic carbocycles. The Kier molecular flexibility index (Phi) is 4.06. The van der Waals surface area contributed by atoms with Gasteiger partial charge in [-0.2, -0.15) is 4.99 Å². The summed E-state index contributed by atoms with van der Waals surface area (Å²) in [7, 11) is -4.15.